The summed E-state index contributed by atoms with van der Waals surface area (Å²) in [4.78, 5) is 7.72. The van der Waals surface area contributed by atoms with Crippen molar-refractivity contribution in [1.29, 1.82) is 0 Å². The predicted molar refractivity (Wildman–Crippen MR) is 96.4 cm³/mol. The van der Waals surface area contributed by atoms with E-state index in [1.54, 1.807) is 12.4 Å². The van der Waals surface area contributed by atoms with Crippen molar-refractivity contribution in [2.75, 3.05) is 17.7 Å². The highest BCUT2D eigenvalue weighted by atomic mass is 19.4. The summed E-state index contributed by atoms with van der Waals surface area (Å²) in [5.74, 6) is -0.209. The van der Waals surface area contributed by atoms with Crippen molar-refractivity contribution in [2.24, 2.45) is 0 Å². The highest BCUT2D eigenvalue weighted by molar-refractivity contribution is 5.58. The fraction of sp³-hybridized carbons (Fsp3) is 0.412. The predicted octanol–water partition coefficient (Wildman–Crippen LogP) is 3.56. The van der Waals surface area contributed by atoms with E-state index in [4.69, 9.17) is 0 Å². The Balaban J connectivity index is 1.48. The lowest BCUT2D eigenvalue weighted by Crippen LogP contribution is -2.30. The van der Waals surface area contributed by atoms with Gasteiger partial charge in [0.2, 0.25) is 5.95 Å². The van der Waals surface area contributed by atoms with E-state index in [0.717, 1.165) is 24.7 Å². The van der Waals surface area contributed by atoms with Crippen LogP contribution in [0, 0.1) is 6.92 Å². The first-order chi connectivity index (χ1) is 13.4. The quantitative estimate of drug-likeness (QED) is 0.691. The Kier molecular flexibility index (Phi) is 4.44. The molecule has 0 spiro atoms. The first kappa shape index (κ1) is 18.3. The molecule has 0 aliphatic heterocycles. The molecule has 2 N–H and O–H groups in total. The highest BCUT2D eigenvalue weighted by Crippen LogP contribution is 2.42. The summed E-state index contributed by atoms with van der Waals surface area (Å²) >= 11 is 0. The number of rotatable bonds is 5. The van der Waals surface area contributed by atoms with E-state index in [-0.39, 0.29) is 17.8 Å². The van der Waals surface area contributed by atoms with Gasteiger partial charge in [-0.1, -0.05) is 0 Å². The molecule has 0 aromatic carbocycles. The first-order valence-electron chi connectivity index (χ1n) is 8.79. The fourth-order valence-electron chi connectivity index (χ4n) is 3.35. The third-order valence-corrected chi connectivity index (χ3v) is 4.96. The third-order valence-electron chi connectivity index (χ3n) is 4.96. The van der Waals surface area contributed by atoms with Crippen LogP contribution in [0.5, 0.6) is 0 Å². The van der Waals surface area contributed by atoms with Crippen LogP contribution in [0.25, 0.3) is 0 Å². The van der Waals surface area contributed by atoms with Crippen LogP contribution in [0.2, 0.25) is 0 Å². The number of alkyl halides is 3. The van der Waals surface area contributed by atoms with Gasteiger partial charge in [0.05, 0.1) is 29.7 Å². The van der Waals surface area contributed by atoms with E-state index >= 15 is 0 Å². The molecule has 3 aromatic heterocycles. The molecule has 148 valence electrons. The van der Waals surface area contributed by atoms with Gasteiger partial charge in [0.1, 0.15) is 11.4 Å². The molecule has 28 heavy (non-hydrogen) atoms. The fourth-order valence-corrected chi connectivity index (χ4v) is 3.35. The van der Waals surface area contributed by atoms with E-state index in [1.807, 2.05) is 28.6 Å². The number of nitrogens with zero attached hydrogens (tertiary/aromatic N) is 6. The summed E-state index contributed by atoms with van der Waals surface area (Å²) in [6.45, 7) is 1.90. The Bertz CT molecular complexity index is 957. The van der Waals surface area contributed by atoms with Crippen molar-refractivity contribution in [3.63, 3.8) is 0 Å². The second-order valence-electron chi connectivity index (χ2n) is 6.68. The molecule has 3 heterocycles. The van der Waals surface area contributed by atoms with Crippen LogP contribution in [-0.4, -0.2) is 36.6 Å². The molecule has 8 nitrogen and oxygen atoms in total. The number of anilines is 3. The van der Waals surface area contributed by atoms with Gasteiger partial charge in [-0.25, -0.2) is 4.98 Å². The molecule has 0 bridgehead atoms. The first-order valence-corrected chi connectivity index (χ1v) is 8.79. The molecule has 4 rings (SSSR count). The van der Waals surface area contributed by atoms with E-state index in [1.165, 1.54) is 7.05 Å². The molecule has 0 saturated heterocycles. The van der Waals surface area contributed by atoms with Crippen LogP contribution in [0.4, 0.5) is 30.6 Å². The molecule has 0 unspecified atom stereocenters. The zero-order valence-corrected chi connectivity index (χ0v) is 15.3. The summed E-state index contributed by atoms with van der Waals surface area (Å²) in [5.41, 5.74) is 0.620. The number of hydrogen-bond donors (Lipinski definition) is 2. The van der Waals surface area contributed by atoms with E-state index in [2.05, 4.69) is 30.8 Å². The smallest absolute Gasteiger partial charge is 0.372 e. The zero-order chi connectivity index (χ0) is 19.9. The van der Waals surface area contributed by atoms with E-state index in [9.17, 15) is 13.2 Å². The second-order valence-corrected chi connectivity index (χ2v) is 6.68. The lowest BCUT2D eigenvalue weighted by Gasteiger charge is -2.36. The lowest BCUT2D eigenvalue weighted by molar-refractivity contribution is -0.137. The van der Waals surface area contributed by atoms with Crippen LogP contribution in [0.1, 0.15) is 36.2 Å². The van der Waals surface area contributed by atoms with Gasteiger partial charge in [-0.2, -0.15) is 28.4 Å². The third kappa shape index (κ3) is 3.27. The molecule has 0 radical (unpaired) electrons. The number of nitrogens with one attached hydrogen (secondary N) is 2. The van der Waals surface area contributed by atoms with Gasteiger partial charge in [-0.3, -0.25) is 9.36 Å². The molecule has 1 saturated carbocycles. The van der Waals surface area contributed by atoms with Crippen LogP contribution in [-0.2, 0) is 6.18 Å². The minimum atomic E-state index is -4.52. The molecule has 1 aliphatic rings. The maximum atomic E-state index is 13.0. The molecule has 11 heteroatoms. The van der Waals surface area contributed by atoms with Crippen LogP contribution in [0.15, 0.2) is 30.9 Å². The Hall–Kier alpha value is -3.11. The van der Waals surface area contributed by atoms with E-state index in [0.29, 0.717) is 11.7 Å². The summed E-state index contributed by atoms with van der Waals surface area (Å²) in [6, 6.07) is 2.51. The van der Waals surface area contributed by atoms with Gasteiger partial charge < -0.3 is 10.6 Å². The van der Waals surface area contributed by atoms with Crippen LogP contribution < -0.4 is 10.6 Å². The Morgan fingerprint density at radius 3 is 2.57 bits per heavy atom. The van der Waals surface area contributed by atoms with Crippen molar-refractivity contribution in [2.45, 2.75) is 38.0 Å². The summed E-state index contributed by atoms with van der Waals surface area (Å²) in [7, 11) is 1.39. The number of hydrogen-bond acceptors (Lipinski definition) is 6. The molecule has 0 atom stereocenters. The van der Waals surface area contributed by atoms with Gasteiger partial charge in [-0.15, -0.1) is 0 Å². The summed E-state index contributed by atoms with van der Waals surface area (Å²) in [6.07, 6.45) is 3.43. The molecular formula is C17H19F3N8. The Morgan fingerprint density at radius 1 is 1.14 bits per heavy atom. The largest absolute Gasteiger partial charge is 0.421 e. The van der Waals surface area contributed by atoms with Crippen molar-refractivity contribution in [3.05, 3.63) is 42.1 Å². The van der Waals surface area contributed by atoms with Crippen molar-refractivity contribution in [1.82, 2.24) is 29.5 Å². The summed E-state index contributed by atoms with van der Waals surface area (Å²) < 4.78 is 42.8. The molecule has 1 aliphatic carbocycles. The van der Waals surface area contributed by atoms with Crippen LogP contribution >= 0.6 is 0 Å². The average Bonchev–Trinajstić information content (AvgIpc) is 3.25. The zero-order valence-electron chi connectivity index (χ0n) is 15.3. The molecule has 1 fully saturated rings. The SMILES string of the molecule is CNc1nc(Nc2cnn(C3CC(n4cccn4)C3)c2C)ncc1C(F)(F)F. The van der Waals surface area contributed by atoms with Crippen LogP contribution in [0.3, 0.4) is 0 Å². The monoisotopic (exact) mass is 392 g/mol. The number of halogens is 3. The minimum absolute atomic E-state index is 0.0722. The van der Waals surface area contributed by atoms with Crippen molar-refractivity contribution in [3.8, 4) is 0 Å². The van der Waals surface area contributed by atoms with E-state index < -0.39 is 11.7 Å². The minimum Gasteiger partial charge on any atom is -0.372 e. The molecular weight excluding hydrogens is 373 g/mol. The van der Waals surface area contributed by atoms with Crippen molar-refractivity contribution >= 4 is 17.5 Å². The van der Waals surface area contributed by atoms with Gasteiger partial charge in [-0.05, 0) is 25.8 Å². The van der Waals surface area contributed by atoms with Gasteiger partial charge in [0, 0.05) is 25.6 Å². The Labute approximate surface area is 158 Å². The van der Waals surface area contributed by atoms with Gasteiger partial charge >= 0.3 is 6.18 Å². The normalized spacial score (nSPS) is 19.3. The Morgan fingerprint density at radius 2 is 1.93 bits per heavy atom. The molecule has 0 amide bonds. The topological polar surface area (TPSA) is 85.5 Å². The summed E-state index contributed by atoms with van der Waals surface area (Å²) in [5, 5.41) is 14.1. The second kappa shape index (κ2) is 6.80. The maximum absolute atomic E-state index is 13.0. The maximum Gasteiger partial charge on any atom is 0.421 e. The standard InChI is InChI=1S/C17H19F3N8/c1-10-14(25-16-22-8-13(17(18,19)20)15(21-2)26-16)9-24-28(10)12-6-11(7-12)27-5-3-4-23-27/h3-5,8-9,11-12H,6-7H2,1-2H3,(H2,21,22,25,26). The van der Waals surface area contributed by atoms with Gasteiger partial charge in [0.15, 0.2) is 0 Å². The lowest BCUT2D eigenvalue weighted by atomic mass is 9.87. The average molecular weight is 392 g/mol. The molecule has 3 aromatic rings. The number of aromatic nitrogens is 6. The highest BCUT2D eigenvalue weighted by Gasteiger charge is 2.35. The van der Waals surface area contributed by atoms with Crippen molar-refractivity contribution < 1.29 is 13.2 Å². The van der Waals surface area contributed by atoms with Gasteiger partial charge in [0.25, 0.3) is 0 Å².